The van der Waals surface area contributed by atoms with Crippen molar-refractivity contribution in [2.75, 3.05) is 25.9 Å². The molecule has 9 heteroatoms. The van der Waals surface area contributed by atoms with Crippen LogP contribution in [0.4, 0.5) is 5.69 Å². The number of carboxylic acid groups (broad SMARTS) is 1. The number of anilines is 1. The summed E-state index contributed by atoms with van der Waals surface area (Å²) in [5, 5.41) is 25.7. The standard InChI is InChI=1S/C32H39N3O5S/c1-31(2,19-22-9-10-23-7-5-6-8-24(23)17-22)34-20-26(36)21-35(4)41(39,40)27-13-15-32(3,16-14-27)25-11-12-28(30(37)38)29(33)18-25/h5-15,17-18,26,34,36H,16,19-21,33H2,1-4H3,(H,37,38)/t26-,32?/m1/s1. The molecule has 0 bridgehead atoms. The number of nitrogens with zero attached hydrogens (tertiary/aromatic N) is 1. The quantitative estimate of drug-likeness (QED) is 0.247. The average Bonchev–Trinajstić information content (AvgIpc) is 2.91. The van der Waals surface area contributed by atoms with Crippen LogP contribution < -0.4 is 11.1 Å². The van der Waals surface area contributed by atoms with Crippen molar-refractivity contribution in [2.45, 2.75) is 50.7 Å². The zero-order chi connectivity index (χ0) is 30.0. The SMILES string of the molecule is CN(C[C@H](O)CNC(C)(C)Cc1ccc2ccccc2c1)S(=O)(=O)C1=CCC(C)(c2ccc(C(=O)O)c(N)c2)C=C1. The van der Waals surface area contributed by atoms with Gasteiger partial charge in [-0.05, 0) is 66.8 Å². The maximum Gasteiger partial charge on any atom is 0.337 e. The summed E-state index contributed by atoms with van der Waals surface area (Å²) in [7, 11) is -2.36. The van der Waals surface area contributed by atoms with E-state index < -0.39 is 27.5 Å². The lowest BCUT2D eigenvalue weighted by Gasteiger charge is -2.31. The summed E-state index contributed by atoms with van der Waals surface area (Å²) in [4.78, 5) is 11.4. The van der Waals surface area contributed by atoms with Crippen LogP contribution in [0.5, 0.6) is 0 Å². The van der Waals surface area contributed by atoms with E-state index in [4.69, 9.17) is 5.73 Å². The lowest BCUT2D eigenvalue weighted by molar-refractivity contribution is 0.0698. The summed E-state index contributed by atoms with van der Waals surface area (Å²) >= 11 is 0. The van der Waals surface area contributed by atoms with E-state index in [2.05, 4.69) is 49.5 Å². The molecule has 41 heavy (non-hydrogen) atoms. The molecule has 0 aliphatic heterocycles. The number of likely N-dealkylation sites (N-methyl/N-ethyl adjacent to an activating group) is 1. The minimum atomic E-state index is -3.82. The zero-order valence-corrected chi connectivity index (χ0v) is 24.8. The number of rotatable bonds is 11. The number of aliphatic hydroxyl groups is 1. The first kappa shape index (κ1) is 30.5. The second-order valence-corrected chi connectivity index (χ2v) is 13.8. The van der Waals surface area contributed by atoms with Crippen molar-refractivity contribution in [3.05, 3.63) is 100 Å². The summed E-state index contributed by atoms with van der Waals surface area (Å²) < 4.78 is 27.7. The number of benzene rings is 3. The molecule has 3 aromatic rings. The van der Waals surface area contributed by atoms with Gasteiger partial charge in [-0.1, -0.05) is 67.6 Å². The highest BCUT2D eigenvalue weighted by Gasteiger charge is 2.31. The van der Waals surface area contributed by atoms with Crippen molar-refractivity contribution in [3.63, 3.8) is 0 Å². The number of nitrogens with one attached hydrogen (secondary N) is 1. The summed E-state index contributed by atoms with van der Waals surface area (Å²) in [5.74, 6) is -1.10. The van der Waals surface area contributed by atoms with Crippen LogP contribution in [0.15, 0.2) is 83.8 Å². The molecular formula is C32H39N3O5S. The molecule has 1 unspecified atom stereocenters. The number of hydrogen-bond acceptors (Lipinski definition) is 6. The van der Waals surface area contributed by atoms with Gasteiger partial charge in [0.05, 0.1) is 16.6 Å². The van der Waals surface area contributed by atoms with E-state index in [9.17, 15) is 23.4 Å². The minimum Gasteiger partial charge on any atom is -0.478 e. The van der Waals surface area contributed by atoms with Crippen LogP contribution in [0.2, 0.25) is 0 Å². The van der Waals surface area contributed by atoms with E-state index in [1.54, 1.807) is 30.4 Å². The number of nitrogens with two attached hydrogens (primary N) is 1. The van der Waals surface area contributed by atoms with Crippen LogP contribution in [0.1, 0.15) is 48.7 Å². The third-order valence-corrected chi connectivity index (χ3v) is 9.60. The third-order valence-electron chi connectivity index (χ3n) is 7.74. The fourth-order valence-corrected chi connectivity index (χ4v) is 6.45. The number of allylic oxidation sites excluding steroid dienone is 3. The maximum absolute atomic E-state index is 13.3. The Kier molecular flexibility index (Phi) is 8.75. The first-order valence-electron chi connectivity index (χ1n) is 13.6. The molecule has 0 spiro atoms. The molecule has 0 saturated carbocycles. The lowest BCUT2D eigenvalue weighted by atomic mass is 9.77. The van der Waals surface area contributed by atoms with Gasteiger partial charge >= 0.3 is 5.97 Å². The number of hydrogen-bond donors (Lipinski definition) is 4. The number of β-amino-alcohol motifs (C(OH)–C–C–N with tert-alkyl or cyclic N) is 1. The van der Waals surface area contributed by atoms with Crippen LogP contribution in [-0.4, -0.2) is 60.7 Å². The number of nitrogen functional groups attached to an aromatic ring is 1. The number of fused-ring (bicyclic) bond motifs is 1. The Morgan fingerprint density at radius 2 is 1.83 bits per heavy atom. The highest BCUT2D eigenvalue weighted by Crippen LogP contribution is 2.36. The minimum absolute atomic E-state index is 0.0303. The van der Waals surface area contributed by atoms with Crippen LogP contribution in [0.25, 0.3) is 10.8 Å². The van der Waals surface area contributed by atoms with Gasteiger partial charge < -0.3 is 21.3 Å². The van der Waals surface area contributed by atoms with Crippen LogP contribution >= 0.6 is 0 Å². The van der Waals surface area contributed by atoms with E-state index >= 15 is 0 Å². The Bertz CT molecular complexity index is 1610. The van der Waals surface area contributed by atoms with Gasteiger partial charge in [0.1, 0.15) is 0 Å². The molecule has 0 saturated heterocycles. The summed E-state index contributed by atoms with van der Waals surface area (Å²) in [5.41, 5.74) is 7.24. The van der Waals surface area contributed by atoms with E-state index in [0.717, 1.165) is 12.0 Å². The molecule has 3 aromatic carbocycles. The van der Waals surface area contributed by atoms with Crippen LogP contribution in [0, 0.1) is 0 Å². The first-order valence-corrected chi connectivity index (χ1v) is 15.0. The maximum atomic E-state index is 13.3. The van der Waals surface area contributed by atoms with Gasteiger partial charge in [-0.2, -0.15) is 4.31 Å². The molecule has 0 radical (unpaired) electrons. The molecule has 8 nitrogen and oxygen atoms in total. The van der Waals surface area contributed by atoms with E-state index in [0.29, 0.717) is 6.42 Å². The van der Waals surface area contributed by atoms with Gasteiger partial charge in [0, 0.05) is 36.8 Å². The third kappa shape index (κ3) is 7.05. The summed E-state index contributed by atoms with van der Waals surface area (Å²) in [6, 6.07) is 19.4. The fourth-order valence-electron chi connectivity index (χ4n) is 5.19. The zero-order valence-electron chi connectivity index (χ0n) is 24.0. The lowest BCUT2D eigenvalue weighted by Crippen LogP contribution is -2.47. The predicted octanol–water partition coefficient (Wildman–Crippen LogP) is 4.46. The fraction of sp³-hybridized carbons (Fsp3) is 0.344. The number of aliphatic hydroxyl groups excluding tert-OH is 1. The average molecular weight is 578 g/mol. The summed E-state index contributed by atoms with van der Waals surface area (Å²) in [6.07, 6.45) is 5.26. The Hall–Kier alpha value is -3.50. The van der Waals surface area contributed by atoms with Crippen molar-refractivity contribution < 1.29 is 23.4 Å². The van der Waals surface area contributed by atoms with Gasteiger partial charge in [0.15, 0.2) is 0 Å². The van der Waals surface area contributed by atoms with Gasteiger partial charge in [-0.25, -0.2) is 13.2 Å². The highest BCUT2D eigenvalue weighted by molar-refractivity contribution is 7.93. The first-order chi connectivity index (χ1) is 19.2. The monoisotopic (exact) mass is 577 g/mol. The van der Waals surface area contributed by atoms with Crippen LogP contribution in [0.3, 0.4) is 0 Å². The number of carboxylic acids is 1. The van der Waals surface area contributed by atoms with Gasteiger partial charge in [-0.15, -0.1) is 0 Å². The van der Waals surface area contributed by atoms with Gasteiger partial charge in [-0.3, -0.25) is 0 Å². The normalized spacial score (nSPS) is 18.4. The number of carbonyl (C=O) groups is 1. The molecule has 2 atom stereocenters. The smallest absolute Gasteiger partial charge is 0.337 e. The Morgan fingerprint density at radius 3 is 2.46 bits per heavy atom. The Balaban J connectivity index is 1.34. The van der Waals surface area contributed by atoms with Gasteiger partial charge in [0.2, 0.25) is 10.0 Å². The van der Waals surface area contributed by atoms with Crippen molar-refractivity contribution in [3.8, 4) is 0 Å². The molecule has 4 rings (SSSR count). The van der Waals surface area contributed by atoms with E-state index in [1.807, 2.05) is 19.1 Å². The topological polar surface area (TPSA) is 133 Å². The van der Waals surface area contributed by atoms with E-state index in [-0.39, 0.29) is 34.8 Å². The molecule has 0 aromatic heterocycles. The van der Waals surface area contributed by atoms with Crippen LogP contribution in [-0.2, 0) is 21.9 Å². The predicted molar refractivity (Wildman–Crippen MR) is 164 cm³/mol. The number of sulfonamides is 1. The molecule has 1 aliphatic rings. The summed E-state index contributed by atoms with van der Waals surface area (Å²) in [6.45, 7) is 6.25. The molecule has 5 N–H and O–H groups in total. The Morgan fingerprint density at radius 1 is 1.12 bits per heavy atom. The molecule has 218 valence electrons. The number of aromatic carboxylic acids is 1. The van der Waals surface area contributed by atoms with Crippen molar-refractivity contribution in [1.29, 1.82) is 0 Å². The molecule has 1 aliphatic carbocycles. The molecular weight excluding hydrogens is 538 g/mol. The molecule has 0 fully saturated rings. The highest BCUT2D eigenvalue weighted by atomic mass is 32.2. The Labute approximate surface area is 242 Å². The van der Waals surface area contributed by atoms with Crippen molar-refractivity contribution >= 4 is 32.5 Å². The van der Waals surface area contributed by atoms with Crippen molar-refractivity contribution in [1.82, 2.24) is 9.62 Å². The second-order valence-electron chi connectivity index (χ2n) is 11.7. The second kappa shape index (κ2) is 11.8. The largest absolute Gasteiger partial charge is 0.478 e. The molecule has 0 heterocycles. The van der Waals surface area contributed by atoms with Crippen molar-refractivity contribution in [2.24, 2.45) is 0 Å². The van der Waals surface area contributed by atoms with Gasteiger partial charge in [0.25, 0.3) is 0 Å². The van der Waals surface area contributed by atoms with E-state index in [1.165, 1.54) is 33.8 Å². The molecule has 0 amide bonds.